The number of rotatable bonds is 8. The van der Waals surface area contributed by atoms with Crippen LogP contribution in [0.4, 0.5) is 4.79 Å². The number of tetrazole rings is 1. The fourth-order valence-electron chi connectivity index (χ4n) is 5.11. The van der Waals surface area contributed by atoms with E-state index in [-0.39, 0.29) is 19.4 Å². The van der Waals surface area contributed by atoms with Crippen LogP contribution in [0.5, 0.6) is 0 Å². The van der Waals surface area contributed by atoms with Gasteiger partial charge in [-0.25, -0.2) is 9.59 Å². The lowest BCUT2D eigenvalue weighted by atomic mass is 9.85. The van der Waals surface area contributed by atoms with Gasteiger partial charge in [-0.3, -0.25) is 9.59 Å². The van der Waals surface area contributed by atoms with Gasteiger partial charge in [0.2, 0.25) is 17.6 Å². The van der Waals surface area contributed by atoms with Gasteiger partial charge < -0.3 is 25.4 Å². The van der Waals surface area contributed by atoms with Crippen LogP contribution in [0.25, 0.3) is 11.4 Å². The minimum Gasteiger partial charge on any atom is -0.479 e. The monoisotopic (exact) mass is 581 g/mol. The van der Waals surface area contributed by atoms with Crippen molar-refractivity contribution in [1.82, 2.24) is 35.7 Å². The summed E-state index contributed by atoms with van der Waals surface area (Å²) >= 11 is 0. The molecule has 42 heavy (non-hydrogen) atoms. The smallest absolute Gasteiger partial charge is 0.408 e. The van der Waals surface area contributed by atoms with Crippen molar-refractivity contribution in [3.05, 3.63) is 43.0 Å². The molecule has 13 nitrogen and oxygen atoms in total. The molecule has 0 bridgehead atoms. The van der Waals surface area contributed by atoms with E-state index >= 15 is 0 Å². The summed E-state index contributed by atoms with van der Waals surface area (Å²) in [6, 6.07) is 6.61. The van der Waals surface area contributed by atoms with Gasteiger partial charge in [0.1, 0.15) is 23.2 Å². The third-order valence-corrected chi connectivity index (χ3v) is 7.45. The van der Waals surface area contributed by atoms with E-state index in [1.807, 2.05) is 30.3 Å². The summed E-state index contributed by atoms with van der Waals surface area (Å²) in [6.07, 6.45) is 1.05. The Kier molecular flexibility index (Phi) is 8.16. The van der Waals surface area contributed by atoms with E-state index in [9.17, 15) is 24.3 Å². The number of carbonyl (C=O) groups excluding carboxylic acids is 3. The molecule has 1 aliphatic carbocycles. The zero-order chi connectivity index (χ0) is 31.0. The van der Waals surface area contributed by atoms with E-state index < -0.39 is 64.5 Å². The van der Waals surface area contributed by atoms with Crippen LogP contribution in [0, 0.1) is 11.3 Å². The highest BCUT2D eigenvalue weighted by atomic mass is 16.6. The van der Waals surface area contributed by atoms with E-state index in [2.05, 4.69) is 32.6 Å². The minimum atomic E-state index is -1.48. The van der Waals surface area contributed by atoms with Gasteiger partial charge in [-0.2, -0.15) is 4.80 Å². The van der Waals surface area contributed by atoms with Gasteiger partial charge in [0.05, 0.1) is 6.04 Å². The molecule has 4 rings (SSSR count). The number of hydrogen-bond acceptors (Lipinski definition) is 8. The lowest BCUT2D eigenvalue weighted by Gasteiger charge is -2.36. The predicted molar refractivity (Wildman–Crippen MR) is 152 cm³/mol. The lowest BCUT2D eigenvalue weighted by molar-refractivity contribution is -0.146. The number of nitrogens with zero attached hydrogens (tertiary/aromatic N) is 5. The number of hydrogen-bond donors (Lipinski definition) is 3. The van der Waals surface area contributed by atoms with Crippen molar-refractivity contribution in [3.63, 3.8) is 0 Å². The van der Waals surface area contributed by atoms with Crippen LogP contribution < -0.4 is 10.6 Å². The van der Waals surface area contributed by atoms with Gasteiger partial charge in [-0.05, 0) is 37.8 Å². The molecule has 1 aromatic carbocycles. The molecule has 1 aliphatic heterocycles. The fourth-order valence-corrected chi connectivity index (χ4v) is 5.11. The zero-order valence-corrected chi connectivity index (χ0v) is 24.8. The molecule has 2 aliphatic rings. The van der Waals surface area contributed by atoms with Crippen molar-refractivity contribution in [3.8, 4) is 11.4 Å². The maximum Gasteiger partial charge on any atom is 0.408 e. The molecule has 2 fully saturated rings. The van der Waals surface area contributed by atoms with Gasteiger partial charge in [-0.15, -0.1) is 16.8 Å². The molecule has 3 amide bonds. The highest BCUT2D eigenvalue weighted by Gasteiger charge is 2.61. The van der Waals surface area contributed by atoms with Crippen LogP contribution >= 0.6 is 0 Å². The predicted octanol–water partition coefficient (Wildman–Crippen LogP) is 2.57. The van der Waals surface area contributed by atoms with Crippen molar-refractivity contribution in [2.45, 2.75) is 83.6 Å². The average molecular weight is 582 g/mol. The van der Waals surface area contributed by atoms with Gasteiger partial charge in [0, 0.05) is 24.4 Å². The number of carbonyl (C=O) groups is 4. The van der Waals surface area contributed by atoms with Crippen molar-refractivity contribution in [2.75, 3.05) is 6.54 Å². The Balaban J connectivity index is 1.64. The first kappa shape index (κ1) is 30.7. The summed E-state index contributed by atoms with van der Waals surface area (Å²) in [6.45, 7) is 14.2. The summed E-state index contributed by atoms with van der Waals surface area (Å²) in [7, 11) is 0. The Bertz CT molecular complexity index is 1360. The summed E-state index contributed by atoms with van der Waals surface area (Å²) in [4.78, 5) is 55.4. The Labute approximate surface area is 244 Å². The molecule has 1 aromatic heterocycles. The summed E-state index contributed by atoms with van der Waals surface area (Å²) in [5.41, 5.74) is -2.27. The third-order valence-electron chi connectivity index (χ3n) is 7.45. The molecule has 0 radical (unpaired) electrons. The standard InChI is InChI=1S/C29H39N7O6/c1-8-18-15-29(18,25(39)40)31-23(37)20-14-19(36-33-22(32-34-36)17-12-10-9-11-13-17)16-35(20)24(38)21(27(2,3)4)30-26(41)42-28(5,6)7/h8-13,18-21H,1,14-16H2,2-7H3,(H,30,41)(H,31,37)(H,39,40). The Morgan fingerprint density at radius 2 is 1.81 bits per heavy atom. The molecule has 0 spiro atoms. The van der Waals surface area contributed by atoms with Crippen molar-refractivity contribution < 1.29 is 29.0 Å². The first-order chi connectivity index (χ1) is 19.6. The van der Waals surface area contributed by atoms with Gasteiger partial charge >= 0.3 is 12.1 Å². The Morgan fingerprint density at radius 3 is 2.36 bits per heavy atom. The number of amides is 3. The van der Waals surface area contributed by atoms with Crippen LogP contribution in [0.3, 0.4) is 0 Å². The lowest BCUT2D eigenvalue weighted by Crippen LogP contribution is -2.59. The average Bonchev–Trinajstić information content (AvgIpc) is 3.22. The summed E-state index contributed by atoms with van der Waals surface area (Å²) < 4.78 is 5.40. The molecule has 5 unspecified atom stereocenters. The number of carboxylic acid groups (broad SMARTS) is 1. The molecule has 13 heteroatoms. The number of ether oxygens (including phenoxy) is 1. The van der Waals surface area contributed by atoms with Crippen LogP contribution in [-0.4, -0.2) is 83.9 Å². The Morgan fingerprint density at radius 1 is 1.14 bits per heavy atom. The van der Waals surface area contributed by atoms with E-state index in [1.165, 1.54) is 15.8 Å². The van der Waals surface area contributed by atoms with Gasteiger partial charge in [0.15, 0.2) is 0 Å². The van der Waals surface area contributed by atoms with Crippen molar-refractivity contribution >= 4 is 23.9 Å². The Hall–Kier alpha value is -4.29. The maximum absolute atomic E-state index is 14.1. The van der Waals surface area contributed by atoms with Crippen LogP contribution in [-0.2, 0) is 19.1 Å². The van der Waals surface area contributed by atoms with Crippen LogP contribution in [0.15, 0.2) is 43.0 Å². The minimum absolute atomic E-state index is 0.0368. The molecule has 1 saturated carbocycles. The second-order valence-corrected chi connectivity index (χ2v) is 13.0. The highest BCUT2D eigenvalue weighted by Crippen LogP contribution is 2.45. The topological polar surface area (TPSA) is 169 Å². The molecule has 3 N–H and O–H groups in total. The quantitative estimate of drug-likeness (QED) is 0.397. The molecular weight excluding hydrogens is 542 g/mol. The fraction of sp³-hybridized carbons (Fsp3) is 0.552. The second-order valence-electron chi connectivity index (χ2n) is 13.0. The number of nitrogens with one attached hydrogen (secondary N) is 2. The van der Waals surface area contributed by atoms with Crippen LogP contribution in [0.1, 0.15) is 60.4 Å². The first-order valence-electron chi connectivity index (χ1n) is 13.9. The van der Waals surface area contributed by atoms with Crippen LogP contribution in [0.2, 0.25) is 0 Å². The molecule has 1 saturated heterocycles. The highest BCUT2D eigenvalue weighted by molar-refractivity contribution is 5.96. The van der Waals surface area contributed by atoms with Crippen molar-refractivity contribution in [1.29, 1.82) is 0 Å². The third kappa shape index (κ3) is 6.44. The second kappa shape index (κ2) is 11.2. The van der Waals surface area contributed by atoms with E-state index in [0.29, 0.717) is 5.82 Å². The normalized spacial score (nSPS) is 24.4. The molecule has 2 heterocycles. The number of benzene rings is 1. The maximum atomic E-state index is 14.1. The largest absolute Gasteiger partial charge is 0.479 e. The number of aromatic nitrogens is 4. The molecule has 5 atom stereocenters. The molecular formula is C29H39N7O6. The van der Waals surface area contributed by atoms with Gasteiger partial charge in [0.25, 0.3) is 0 Å². The van der Waals surface area contributed by atoms with E-state index in [0.717, 1.165) is 5.56 Å². The number of alkyl carbamates (subject to hydrolysis) is 1. The molecule has 2 aromatic rings. The number of aliphatic carboxylic acids is 1. The van der Waals surface area contributed by atoms with E-state index in [4.69, 9.17) is 4.74 Å². The summed E-state index contributed by atoms with van der Waals surface area (Å²) in [5, 5.41) is 28.1. The number of likely N-dealkylation sites (tertiary alicyclic amines) is 1. The van der Waals surface area contributed by atoms with E-state index in [1.54, 1.807) is 41.5 Å². The zero-order valence-electron chi connectivity index (χ0n) is 24.8. The summed E-state index contributed by atoms with van der Waals surface area (Å²) in [5.74, 6) is -2.34. The van der Waals surface area contributed by atoms with Crippen molar-refractivity contribution in [2.24, 2.45) is 11.3 Å². The molecule has 226 valence electrons. The SMILES string of the molecule is C=CC1CC1(NC(=O)C1CC(n2nnc(-c3ccccc3)n2)CN1C(=O)C(NC(=O)OC(C)(C)C)C(C)(C)C)C(=O)O. The number of carboxylic acids is 1. The first-order valence-corrected chi connectivity index (χ1v) is 13.9. The van der Waals surface area contributed by atoms with Gasteiger partial charge in [-0.1, -0.05) is 57.2 Å².